The summed E-state index contributed by atoms with van der Waals surface area (Å²) in [4.78, 5) is 36.1. The fourth-order valence-electron chi connectivity index (χ4n) is 2.80. The molecule has 3 aromatic carbocycles. The van der Waals surface area contributed by atoms with Gasteiger partial charge in [-0.2, -0.15) is 5.10 Å². The molecule has 0 saturated carbocycles. The number of hydrazone groups is 1. The van der Waals surface area contributed by atoms with Crippen LogP contribution >= 0.6 is 11.6 Å². The van der Waals surface area contributed by atoms with Crippen molar-refractivity contribution in [1.29, 1.82) is 0 Å². The number of nitrogens with one attached hydrogen (secondary N) is 3. The molecule has 0 saturated heterocycles. The topological polar surface area (TPSA) is 109 Å². The van der Waals surface area contributed by atoms with E-state index in [-0.39, 0.29) is 19.1 Å². The summed E-state index contributed by atoms with van der Waals surface area (Å²) in [7, 11) is 0. The van der Waals surface area contributed by atoms with Crippen molar-refractivity contribution >= 4 is 41.2 Å². The summed E-state index contributed by atoms with van der Waals surface area (Å²) < 4.78 is 5.59. The standard InChI is InChI=1S/C25H23ClN4O4/c1-17-11-12-20(13-21(17)26)29-23(31)16-34-22-10-6-5-9-19(22)15-28-30-25(33)24(32)27-14-18-7-3-2-4-8-18/h2-13,15H,14,16H2,1H3,(H,27,32)(H,29,31)(H,30,33)/b28-15-. The molecule has 0 atom stereocenters. The van der Waals surface area contributed by atoms with E-state index in [4.69, 9.17) is 16.3 Å². The number of nitrogens with zero attached hydrogens (tertiary/aromatic N) is 1. The lowest BCUT2D eigenvalue weighted by molar-refractivity contribution is -0.139. The van der Waals surface area contributed by atoms with Gasteiger partial charge in [-0.25, -0.2) is 5.43 Å². The van der Waals surface area contributed by atoms with Crippen LogP contribution in [0.15, 0.2) is 77.9 Å². The number of ether oxygens (including phenoxy) is 1. The molecule has 0 bridgehead atoms. The van der Waals surface area contributed by atoms with Crippen molar-refractivity contribution < 1.29 is 19.1 Å². The molecule has 3 N–H and O–H groups in total. The minimum Gasteiger partial charge on any atom is -0.483 e. The molecular weight excluding hydrogens is 456 g/mol. The first kappa shape index (κ1) is 24.5. The number of para-hydroxylation sites is 1. The van der Waals surface area contributed by atoms with E-state index in [0.717, 1.165) is 11.1 Å². The highest BCUT2D eigenvalue weighted by Gasteiger charge is 2.12. The van der Waals surface area contributed by atoms with Crippen LogP contribution in [-0.2, 0) is 20.9 Å². The first-order valence-corrected chi connectivity index (χ1v) is 10.7. The molecule has 8 nitrogen and oxygen atoms in total. The predicted octanol–water partition coefficient (Wildman–Crippen LogP) is 3.43. The maximum Gasteiger partial charge on any atom is 0.329 e. The Bertz CT molecular complexity index is 1200. The van der Waals surface area contributed by atoms with Gasteiger partial charge in [0, 0.05) is 22.8 Å². The van der Waals surface area contributed by atoms with Gasteiger partial charge in [0.05, 0.1) is 6.21 Å². The Morgan fingerprint density at radius 1 is 0.971 bits per heavy atom. The average molecular weight is 479 g/mol. The van der Waals surface area contributed by atoms with Crippen LogP contribution in [0.1, 0.15) is 16.7 Å². The molecule has 0 aliphatic heterocycles. The molecule has 3 aromatic rings. The molecule has 9 heteroatoms. The molecule has 34 heavy (non-hydrogen) atoms. The molecule has 0 aromatic heterocycles. The minimum absolute atomic E-state index is 0.227. The third kappa shape index (κ3) is 7.46. The number of amides is 3. The zero-order valence-electron chi connectivity index (χ0n) is 18.4. The van der Waals surface area contributed by atoms with Crippen LogP contribution in [0.3, 0.4) is 0 Å². The van der Waals surface area contributed by atoms with Gasteiger partial charge < -0.3 is 15.4 Å². The van der Waals surface area contributed by atoms with Crippen molar-refractivity contribution in [3.05, 3.63) is 94.5 Å². The fraction of sp³-hybridized carbons (Fsp3) is 0.120. The molecule has 3 rings (SSSR count). The summed E-state index contributed by atoms with van der Waals surface area (Å²) in [6, 6.07) is 21.3. The van der Waals surface area contributed by atoms with Crippen molar-refractivity contribution in [1.82, 2.24) is 10.7 Å². The lowest BCUT2D eigenvalue weighted by atomic mass is 10.2. The van der Waals surface area contributed by atoms with E-state index < -0.39 is 11.8 Å². The van der Waals surface area contributed by atoms with Crippen LogP contribution in [0.4, 0.5) is 5.69 Å². The normalized spacial score (nSPS) is 10.5. The molecular formula is C25H23ClN4O4. The highest BCUT2D eigenvalue weighted by atomic mass is 35.5. The fourth-order valence-corrected chi connectivity index (χ4v) is 2.98. The molecule has 0 spiro atoms. The quantitative estimate of drug-likeness (QED) is 0.262. The van der Waals surface area contributed by atoms with Crippen molar-refractivity contribution in [2.24, 2.45) is 5.10 Å². The Balaban J connectivity index is 1.50. The van der Waals surface area contributed by atoms with E-state index in [2.05, 4.69) is 21.2 Å². The number of hydrogen-bond donors (Lipinski definition) is 3. The summed E-state index contributed by atoms with van der Waals surface area (Å²) in [5.41, 5.74) is 5.02. The lowest BCUT2D eigenvalue weighted by Crippen LogP contribution is -2.37. The van der Waals surface area contributed by atoms with Crippen LogP contribution in [0, 0.1) is 6.92 Å². The second kappa shape index (κ2) is 12.2. The first-order valence-electron chi connectivity index (χ1n) is 10.4. The Morgan fingerprint density at radius 3 is 2.47 bits per heavy atom. The number of carbonyl (C=O) groups excluding carboxylic acids is 3. The molecule has 3 amide bonds. The Morgan fingerprint density at radius 2 is 1.71 bits per heavy atom. The Hall–Kier alpha value is -4.17. The molecule has 0 heterocycles. The van der Waals surface area contributed by atoms with Gasteiger partial charge in [-0.3, -0.25) is 14.4 Å². The van der Waals surface area contributed by atoms with Gasteiger partial charge in [0.1, 0.15) is 5.75 Å². The molecule has 0 fully saturated rings. The zero-order chi connectivity index (χ0) is 24.3. The Labute approximate surface area is 202 Å². The second-order valence-electron chi connectivity index (χ2n) is 7.21. The first-order chi connectivity index (χ1) is 16.4. The van der Waals surface area contributed by atoms with Gasteiger partial charge in [0.25, 0.3) is 5.91 Å². The average Bonchev–Trinajstić information content (AvgIpc) is 2.84. The summed E-state index contributed by atoms with van der Waals surface area (Å²) in [6.45, 7) is 1.85. The van der Waals surface area contributed by atoms with Crippen LogP contribution < -0.4 is 20.8 Å². The van der Waals surface area contributed by atoms with Crippen LogP contribution in [0.2, 0.25) is 5.02 Å². The smallest absolute Gasteiger partial charge is 0.329 e. The molecule has 0 radical (unpaired) electrons. The monoisotopic (exact) mass is 478 g/mol. The van der Waals surface area contributed by atoms with E-state index in [1.807, 2.05) is 37.3 Å². The van der Waals surface area contributed by atoms with Gasteiger partial charge in [0.15, 0.2) is 6.61 Å². The van der Waals surface area contributed by atoms with E-state index in [1.165, 1.54) is 6.21 Å². The van der Waals surface area contributed by atoms with Crippen LogP contribution in [-0.4, -0.2) is 30.5 Å². The van der Waals surface area contributed by atoms with Gasteiger partial charge in [-0.05, 0) is 42.3 Å². The summed E-state index contributed by atoms with van der Waals surface area (Å²) in [5.74, 6) is -1.69. The molecule has 0 unspecified atom stereocenters. The van der Waals surface area contributed by atoms with Crippen molar-refractivity contribution in [2.45, 2.75) is 13.5 Å². The highest BCUT2D eigenvalue weighted by molar-refractivity contribution is 6.35. The molecule has 174 valence electrons. The lowest BCUT2D eigenvalue weighted by Gasteiger charge is -2.10. The third-order valence-corrected chi connectivity index (χ3v) is 5.01. The number of hydrogen-bond acceptors (Lipinski definition) is 5. The Kier molecular flexibility index (Phi) is 8.76. The number of rotatable bonds is 8. The van der Waals surface area contributed by atoms with E-state index >= 15 is 0 Å². The number of aryl methyl sites for hydroxylation is 1. The third-order valence-electron chi connectivity index (χ3n) is 4.61. The van der Waals surface area contributed by atoms with Crippen LogP contribution in [0.5, 0.6) is 5.75 Å². The van der Waals surface area contributed by atoms with Gasteiger partial charge in [-0.1, -0.05) is 60.1 Å². The second-order valence-corrected chi connectivity index (χ2v) is 7.61. The maximum atomic E-state index is 12.2. The summed E-state index contributed by atoms with van der Waals surface area (Å²) in [5, 5.41) is 9.59. The van der Waals surface area contributed by atoms with Gasteiger partial charge >= 0.3 is 11.8 Å². The number of anilines is 1. The highest BCUT2D eigenvalue weighted by Crippen LogP contribution is 2.20. The SMILES string of the molecule is Cc1ccc(NC(=O)COc2ccccc2/C=N\NC(=O)C(=O)NCc2ccccc2)cc1Cl. The van der Waals surface area contributed by atoms with Crippen LogP contribution in [0.25, 0.3) is 0 Å². The van der Waals surface area contributed by atoms with Crippen molar-refractivity contribution in [3.8, 4) is 5.75 Å². The molecule has 0 aliphatic carbocycles. The summed E-state index contributed by atoms with van der Waals surface area (Å²) in [6.07, 6.45) is 1.33. The van der Waals surface area contributed by atoms with E-state index in [0.29, 0.717) is 22.0 Å². The molecule has 0 aliphatic rings. The number of benzene rings is 3. The van der Waals surface area contributed by atoms with Gasteiger partial charge in [0.2, 0.25) is 0 Å². The van der Waals surface area contributed by atoms with E-state index in [9.17, 15) is 14.4 Å². The van der Waals surface area contributed by atoms with Crippen molar-refractivity contribution in [2.75, 3.05) is 11.9 Å². The predicted molar refractivity (Wildman–Crippen MR) is 131 cm³/mol. The van der Waals surface area contributed by atoms with Gasteiger partial charge in [-0.15, -0.1) is 0 Å². The number of carbonyl (C=O) groups is 3. The van der Waals surface area contributed by atoms with E-state index in [1.54, 1.807) is 42.5 Å². The number of halogens is 1. The zero-order valence-corrected chi connectivity index (χ0v) is 19.1. The van der Waals surface area contributed by atoms with Crippen molar-refractivity contribution in [3.63, 3.8) is 0 Å². The maximum absolute atomic E-state index is 12.2. The summed E-state index contributed by atoms with van der Waals surface area (Å²) >= 11 is 6.07. The minimum atomic E-state index is -0.901. The largest absolute Gasteiger partial charge is 0.483 e.